The fourth-order valence-electron chi connectivity index (χ4n) is 2.46. The molecule has 0 bridgehead atoms. The van der Waals surface area contributed by atoms with Crippen LogP contribution < -0.4 is 10.1 Å². The van der Waals surface area contributed by atoms with Gasteiger partial charge in [-0.3, -0.25) is 4.79 Å². The third-order valence-electron chi connectivity index (χ3n) is 3.96. The van der Waals surface area contributed by atoms with Crippen molar-refractivity contribution in [2.75, 3.05) is 20.2 Å². The Hall–Kier alpha value is -2.09. The summed E-state index contributed by atoms with van der Waals surface area (Å²) in [6.07, 6.45) is 0. The fraction of sp³-hybridized carbons (Fsp3) is 0.316. The Morgan fingerprint density at radius 1 is 1.15 bits per heavy atom. The van der Waals surface area contributed by atoms with Crippen molar-refractivity contribution in [1.82, 2.24) is 9.62 Å². The van der Waals surface area contributed by atoms with Crippen LogP contribution in [0.1, 0.15) is 25.5 Å². The first-order valence-electron chi connectivity index (χ1n) is 8.48. The third-order valence-corrected chi connectivity index (χ3v) is 6.03. The average molecular weight is 411 g/mol. The van der Waals surface area contributed by atoms with Crippen molar-refractivity contribution in [2.45, 2.75) is 24.8 Å². The quantitative estimate of drug-likeness (QED) is 0.724. The van der Waals surface area contributed by atoms with Crippen LogP contribution in [0.2, 0.25) is 5.02 Å². The molecule has 0 aliphatic rings. The third kappa shape index (κ3) is 5.69. The summed E-state index contributed by atoms with van der Waals surface area (Å²) in [5, 5.41) is 3.40. The van der Waals surface area contributed by atoms with E-state index in [-0.39, 0.29) is 17.5 Å². The number of nitrogens with zero attached hydrogens (tertiary/aromatic N) is 1. The van der Waals surface area contributed by atoms with Crippen LogP contribution in [0.15, 0.2) is 53.4 Å². The molecular formula is C19H23ClN2O4S. The summed E-state index contributed by atoms with van der Waals surface area (Å²) in [6, 6.07) is 12.9. The Morgan fingerprint density at radius 2 is 1.74 bits per heavy atom. The van der Waals surface area contributed by atoms with E-state index in [0.717, 1.165) is 9.87 Å². The van der Waals surface area contributed by atoms with Gasteiger partial charge >= 0.3 is 0 Å². The van der Waals surface area contributed by atoms with Gasteiger partial charge < -0.3 is 10.1 Å². The Bertz CT molecular complexity index is 868. The molecule has 8 heteroatoms. The van der Waals surface area contributed by atoms with Gasteiger partial charge in [0.25, 0.3) is 0 Å². The van der Waals surface area contributed by atoms with Crippen LogP contribution >= 0.6 is 11.6 Å². The summed E-state index contributed by atoms with van der Waals surface area (Å²) >= 11 is 5.86. The molecule has 1 N–H and O–H groups in total. The molecule has 0 radical (unpaired) electrons. The highest BCUT2D eigenvalue weighted by Gasteiger charge is 2.23. The van der Waals surface area contributed by atoms with Gasteiger partial charge in [-0.2, -0.15) is 4.31 Å². The lowest BCUT2D eigenvalue weighted by atomic mass is 10.1. The van der Waals surface area contributed by atoms with E-state index >= 15 is 0 Å². The second-order valence-electron chi connectivity index (χ2n) is 6.01. The molecule has 1 atom stereocenters. The first-order valence-corrected chi connectivity index (χ1v) is 10.3. The van der Waals surface area contributed by atoms with Crippen molar-refractivity contribution in [2.24, 2.45) is 0 Å². The number of nitrogens with one attached hydrogen (secondary N) is 1. The number of rotatable bonds is 8. The minimum absolute atomic E-state index is 0.104. The second kappa shape index (κ2) is 9.21. The summed E-state index contributed by atoms with van der Waals surface area (Å²) in [7, 11) is -2.40. The van der Waals surface area contributed by atoms with Gasteiger partial charge in [0, 0.05) is 12.1 Å². The van der Waals surface area contributed by atoms with E-state index in [0.29, 0.717) is 17.4 Å². The summed E-state index contributed by atoms with van der Waals surface area (Å²) in [4.78, 5) is 12.4. The van der Waals surface area contributed by atoms with Crippen molar-refractivity contribution in [3.05, 3.63) is 59.1 Å². The van der Waals surface area contributed by atoms with E-state index < -0.39 is 15.9 Å². The van der Waals surface area contributed by atoms with Crippen LogP contribution in [0.25, 0.3) is 0 Å². The molecule has 0 fully saturated rings. The number of halogens is 1. The largest absolute Gasteiger partial charge is 0.494 e. The van der Waals surface area contributed by atoms with Gasteiger partial charge in [-0.15, -0.1) is 0 Å². The summed E-state index contributed by atoms with van der Waals surface area (Å²) in [5.41, 5.74) is 0.879. The molecule has 0 spiro atoms. The lowest BCUT2D eigenvalue weighted by molar-refractivity contribution is -0.121. The van der Waals surface area contributed by atoms with E-state index in [9.17, 15) is 13.2 Å². The average Bonchev–Trinajstić information content (AvgIpc) is 2.62. The van der Waals surface area contributed by atoms with Crippen molar-refractivity contribution in [3.8, 4) is 5.75 Å². The Labute approximate surface area is 165 Å². The number of amides is 1. The first-order chi connectivity index (χ1) is 12.7. The standard InChI is InChI=1S/C19H23ClN2O4S/c1-4-26-17-9-11-18(12-10-17)27(24,25)22(3)13-19(23)21-14(2)15-5-7-16(20)8-6-15/h5-12,14H,4,13H2,1-3H3,(H,21,23). The molecular weight excluding hydrogens is 388 g/mol. The summed E-state index contributed by atoms with van der Waals surface area (Å²) < 4.78 is 31.6. The summed E-state index contributed by atoms with van der Waals surface area (Å²) in [6.45, 7) is 3.88. The maximum atomic E-state index is 12.6. The topological polar surface area (TPSA) is 75.7 Å². The molecule has 0 aliphatic heterocycles. The first kappa shape index (κ1) is 21.2. The molecule has 2 aromatic carbocycles. The highest BCUT2D eigenvalue weighted by molar-refractivity contribution is 7.89. The Kier molecular flexibility index (Phi) is 7.24. The predicted octanol–water partition coefficient (Wildman–Crippen LogP) is 3.24. The molecule has 0 saturated carbocycles. The maximum Gasteiger partial charge on any atom is 0.243 e. The highest BCUT2D eigenvalue weighted by atomic mass is 35.5. The number of carbonyl (C=O) groups excluding carboxylic acids is 1. The zero-order valence-electron chi connectivity index (χ0n) is 15.5. The maximum absolute atomic E-state index is 12.6. The van der Waals surface area contributed by atoms with Crippen molar-refractivity contribution < 1.29 is 17.9 Å². The molecule has 0 heterocycles. The van der Waals surface area contributed by atoms with Gasteiger partial charge in [0.05, 0.1) is 24.1 Å². The van der Waals surface area contributed by atoms with E-state index in [1.54, 1.807) is 24.3 Å². The van der Waals surface area contributed by atoms with Crippen LogP contribution in [0.3, 0.4) is 0 Å². The molecule has 2 aromatic rings. The van der Waals surface area contributed by atoms with E-state index in [1.165, 1.54) is 19.2 Å². The minimum Gasteiger partial charge on any atom is -0.494 e. The molecule has 2 rings (SSSR count). The van der Waals surface area contributed by atoms with Crippen LogP contribution in [0.5, 0.6) is 5.75 Å². The van der Waals surface area contributed by atoms with Crippen LogP contribution in [-0.2, 0) is 14.8 Å². The zero-order chi connectivity index (χ0) is 20.0. The summed E-state index contributed by atoms with van der Waals surface area (Å²) in [5.74, 6) is 0.197. The zero-order valence-corrected chi connectivity index (χ0v) is 17.0. The van der Waals surface area contributed by atoms with E-state index in [1.807, 2.05) is 26.0 Å². The Balaban J connectivity index is 2.00. The molecule has 1 unspecified atom stereocenters. The predicted molar refractivity (Wildman–Crippen MR) is 105 cm³/mol. The van der Waals surface area contributed by atoms with Gasteiger partial charge in [0.15, 0.2) is 0 Å². The molecule has 0 aliphatic carbocycles. The molecule has 1 amide bonds. The number of benzene rings is 2. The van der Waals surface area contributed by atoms with Gasteiger partial charge in [-0.05, 0) is 55.8 Å². The Morgan fingerprint density at radius 3 is 2.30 bits per heavy atom. The number of hydrogen-bond acceptors (Lipinski definition) is 4. The number of likely N-dealkylation sites (N-methyl/N-ethyl adjacent to an activating group) is 1. The number of ether oxygens (including phenoxy) is 1. The minimum atomic E-state index is -3.77. The van der Waals surface area contributed by atoms with E-state index in [2.05, 4.69) is 5.32 Å². The van der Waals surface area contributed by atoms with Gasteiger partial charge in [0.1, 0.15) is 5.75 Å². The van der Waals surface area contributed by atoms with Crippen LogP contribution in [0.4, 0.5) is 0 Å². The smallest absolute Gasteiger partial charge is 0.243 e. The van der Waals surface area contributed by atoms with Gasteiger partial charge in [-0.25, -0.2) is 8.42 Å². The lowest BCUT2D eigenvalue weighted by Gasteiger charge is -2.19. The fourth-order valence-corrected chi connectivity index (χ4v) is 3.72. The lowest BCUT2D eigenvalue weighted by Crippen LogP contribution is -2.39. The SMILES string of the molecule is CCOc1ccc(S(=O)(=O)N(C)CC(=O)NC(C)c2ccc(Cl)cc2)cc1. The van der Waals surface area contributed by atoms with Crippen molar-refractivity contribution >= 4 is 27.5 Å². The van der Waals surface area contributed by atoms with E-state index in [4.69, 9.17) is 16.3 Å². The van der Waals surface area contributed by atoms with Crippen molar-refractivity contribution in [3.63, 3.8) is 0 Å². The van der Waals surface area contributed by atoms with Crippen LogP contribution in [0, 0.1) is 0 Å². The van der Waals surface area contributed by atoms with Crippen LogP contribution in [-0.4, -0.2) is 38.8 Å². The number of carbonyl (C=O) groups is 1. The normalized spacial score (nSPS) is 12.6. The second-order valence-corrected chi connectivity index (χ2v) is 8.49. The monoisotopic (exact) mass is 410 g/mol. The molecule has 6 nitrogen and oxygen atoms in total. The molecule has 27 heavy (non-hydrogen) atoms. The van der Waals surface area contributed by atoms with Crippen molar-refractivity contribution in [1.29, 1.82) is 0 Å². The highest BCUT2D eigenvalue weighted by Crippen LogP contribution is 2.19. The molecule has 146 valence electrons. The van der Waals surface area contributed by atoms with Gasteiger partial charge in [0.2, 0.25) is 15.9 Å². The molecule has 0 aromatic heterocycles. The van der Waals surface area contributed by atoms with Gasteiger partial charge in [-0.1, -0.05) is 23.7 Å². The number of hydrogen-bond donors (Lipinski definition) is 1. The number of sulfonamides is 1. The molecule has 0 saturated heterocycles.